The van der Waals surface area contributed by atoms with Gasteiger partial charge in [-0.1, -0.05) is 12.1 Å². The van der Waals surface area contributed by atoms with Gasteiger partial charge in [-0.25, -0.2) is 17.9 Å². The van der Waals surface area contributed by atoms with Crippen LogP contribution in [0.4, 0.5) is 4.39 Å². The van der Waals surface area contributed by atoms with Crippen LogP contribution in [0.3, 0.4) is 0 Å². The van der Waals surface area contributed by atoms with Gasteiger partial charge in [-0.05, 0) is 17.7 Å². The lowest BCUT2D eigenvalue weighted by molar-refractivity contribution is 0.578. The summed E-state index contributed by atoms with van der Waals surface area (Å²) < 4.78 is 36.6. The maximum atomic E-state index is 13.0. The molecule has 2 rings (SSSR count). The average Bonchev–Trinajstić information content (AvgIpc) is 2.60. The Morgan fingerprint density at radius 1 is 1.39 bits per heavy atom. The van der Waals surface area contributed by atoms with Crippen molar-refractivity contribution in [2.75, 3.05) is 0 Å². The molecule has 2 N–H and O–H groups in total. The van der Waals surface area contributed by atoms with Crippen molar-refractivity contribution >= 4 is 10.0 Å². The molecule has 0 radical (unpaired) electrons. The van der Waals surface area contributed by atoms with E-state index in [2.05, 4.69) is 10.2 Å². The van der Waals surface area contributed by atoms with Gasteiger partial charge in [0.05, 0.1) is 0 Å². The van der Waals surface area contributed by atoms with Crippen LogP contribution in [-0.4, -0.2) is 23.2 Å². The van der Waals surface area contributed by atoms with Crippen molar-refractivity contribution in [2.45, 2.75) is 11.6 Å². The number of rotatable bonds is 3. The van der Waals surface area contributed by atoms with Gasteiger partial charge in [-0.2, -0.15) is 0 Å². The van der Waals surface area contributed by atoms with Gasteiger partial charge >= 0.3 is 0 Å². The fourth-order valence-corrected chi connectivity index (χ4v) is 2.22. The second kappa shape index (κ2) is 4.46. The van der Waals surface area contributed by atoms with Crippen molar-refractivity contribution in [1.29, 1.82) is 0 Å². The molecule has 0 atom stereocenters. The molecule has 0 aliphatic carbocycles. The molecule has 1 aromatic carbocycles. The van der Waals surface area contributed by atoms with Gasteiger partial charge in [0.15, 0.2) is 0 Å². The molecule has 0 amide bonds. The van der Waals surface area contributed by atoms with Crippen LogP contribution in [0.5, 0.6) is 0 Å². The van der Waals surface area contributed by atoms with Crippen molar-refractivity contribution in [3.8, 4) is 0 Å². The van der Waals surface area contributed by atoms with Crippen LogP contribution in [0.2, 0.25) is 0 Å². The largest absolute Gasteiger partial charge is 0.304 e. The Hall–Kier alpha value is -1.80. The molecule has 0 aliphatic rings. The summed E-state index contributed by atoms with van der Waals surface area (Å²) in [7, 11) is -2.40. The number of halogens is 1. The molecular formula is C10H11FN4O2S. The number of nitrogens with two attached hydrogens (primary N) is 1. The Kier molecular flexibility index (Phi) is 3.14. The van der Waals surface area contributed by atoms with Crippen molar-refractivity contribution < 1.29 is 12.8 Å². The van der Waals surface area contributed by atoms with E-state index >= 15 is 0 Å². The number of aromatic nitrogens is 3. The van der Waals surface area contributed by atoms with E-state index in [0.717, 1.165) is 0 Å². The van der Waals surface area contributed by atoms with E-state index in [9.17, 15) is 12.8 Å². The number of sulfonamides is 1. The summed E-state index contributed by atoms with van der Waals surface area (Å²) >= 11 is 0. The molecule has 0 bridgehead atoms. The Balaban J connectivity index is 2.34. The van der Waals surface area contributed by atoms with Crippen molar-refractivity contribution in [1.82, 2.24) is 14.8 Å². The van der Waals surface area contributed by atoms with Crippen LogP contribution in [-0.2, 0) is 23.5 Å². The minimum Gasteiger partial charge on any atom is -0.304 e. The molecule has 1 heterocycles. The third-order valence-corrected chi connectivity index (χ3v) is 3.30. The van der Waals surface area contributed by atoms with Crippen molar-refractivity contribution in [3.63, 3.8) is 0 Å². The Morgan fingerprint density at radius 2 is 2.11 bits per heavy atom. The van der Waals surface area contributed by atoms with Gasteiger partial charge in [0.2, 0.25) is 0 Å². The number of hydrogen-bond donors (Lipinski definition) is 1. The fraction of sp³-hybridized carbons (Fsp3) is 0.200. The summed E-state index contributed by atoms with van der Waals surface area (Å²) in [5, 5.41) is 11.9. The van der Waals surface area contributed by atoms with Crippen molar-refractivity contribution in [3.05, 3.63) is 41.5 Å². The van der Waals surface area contributed by atoms with Crippen LogP contribution in [0.1, 0.15) is 11.4 Å². The minimum atomic E-state index is -3.90. The van der Waals surface area contributed by atoms with Gasteiger partial charge < -0.3 is 4.57 Å². The van der Waals surface area contributed by atoms with Gasteiger partial charge in [0, 0.05) is 13.5 Å². The SMILES string of the molecule is Cn1c(Cc2cccc(F)c2)nnc1S(N)(=O)=O. The van der Waals surface area contributed by atoms with Crippen LogP contribution >= 0.6 is 0 Å². The molecule has 18 heavy (non-hydrogen) atoms. The highest BCUT2D eigenvalue weighted by Crippen LogP contribution is 2.11. The van der Waals surface area contributed by atoms with E-state index in [1.807, 2.05) is 0 Å². The number of hydrogen-bond acceptors (Lipinski definition) is 4. The number of primary sulfonamides is 1. The monoisotopic (exact) mass is 270 g/mol. The predicted molar refractivity (Wildman–Crippen MR) is 61.6 cm³/mol. The molecule has 1 aromatic heterocycles. The Bertz CT molecular complexity index is 681. The molecule has 0 fully saturated rings. The van der Waals surface area contributed by atoms with Gasteiger partial charge in [-0.3, -0.25) is 0 Å². The zero-order chi connectivity index (χ0) is 13.3. The normalized spacial score (nSPS) is 11.7. The lowest BCUT2D eigenvalue weighted by Gasteiger charge is -2.02. The summed E-state index contributed by atoms with van der Waals surface area (Å²) in [6.45, 7) is 0. The fourth-order valence-electron chi connectivity index (χ4n) is 1.58. The summed E-state index contributed by atoms with van der Waals surface area (Å²) in [6, 6.07) is 5.97. The maximum Gasteiger partial charge on any atom is 0.273 e. The van der Waals surface area contributed by atoms with Crippen LogP contribution in [0.15, 0.2) is 29.4 Å². The summed E-state index contributed by atoms with van der Waals surface area (Å²) in [4.78, 5) is 0. The molecule has 0 saturated heterocycles. The molecule has 6 nitrogen and oxygen atoms in total. The Morgan fingerprint density at radius 3 is 2.67 bits per heavy atom. The van der Waals surface area contributed by atoms with E-state index in [4.69, 9.17) is 5.14 Å². The lowest BCUT2D eigenvalue weighted by Crippen LogP contribution is -2.17. The van der Waals surface area contributed by atoms with E-state index in [-0.39, 0.29) is 17.4 Å². The first kappa shape index (κ1) is 12.7. The molecular weight excluding hydrogens is 259 g/mol. The van der Waals surface area contributed by atoms with E-state index in [1.54, 1.807) is 12.1 Å². The van der Waals surface area contributed by atoms with Crippen LogP contribution in [0.25, 0.3) is 0 Å². The molecule has 96 valence electrons. The highest BCUT2D eigenvalue weighted by atomic mass is 32.2. The predicted octanol–water partition coefficient (Wildman–Crippen LogP) is 0.192. The van der Waals surface area contributed by atoms with Crippen LogP contribution in [0, 0.1) is 5.82 Å². The number of nitrogens with zero attached hydrogens (tertiary/aromatic N) is 3. The molecule has 0 unspecified atom stereocenters. The molecule has 2 aromatic rings. The zero-order valence-electron chi connectivity index (χ0n) is 9.54. The van der Waals surface area contributed by atoms with Gasteiger partial charge in [0.25, 0.3) is 15.2 Å². The topological polar surface area (TPSA) is 90.9 Å². The lowest BCUT2D eigenvalue weighted by atomic mass is 10.1. The zero-order valence-corrected chi connectivity index (χ0v) is 10.4. The number of benzene rings is 1. The first-order chi connectivity index (χ1) is 8.38. The summed E-state index contributed by atoms with van der Waals surface area (Å²) in [6.07, 6.45) is 0.275. The minimum absolute atomic E-state index is 0.275. The smallest absolute Gasteiger partial charge is 0.273 e. The second-order valence-electron chi connectivity index (χ2n) is 3.81. The molecule has 0 spiro atoms. The average molecular weight is 270 g/mol. The molecule has 0 saturated carbocycles. The highest BCUT2D eigenvalue weighted by Gasteiger charge is 2.18. The Labute approximate surface area is 103 Å². The first-order valence-electron chi connectivity index (χ1n) is 5.03. The van der Waals surface area contributed by atoms with Crippen molar-refractivity contribution in [2.24, 2.45) is 12.2 Å². The third-order valence-electron chi connectivity index (χ3n) is 2.43. The van der Waals surface area contributed by atoms with E-state index < -0.39 is 10.0 Å². The first-order valence-corrected chi connectivity index (χ1v) is 6.58. The quantitative estimate of drug-likeness (QED) is 0.862. The van der Waals surface area contributed by atoms with E-state index in [1.165, 1.54) is 23.7 Å². The van der Waals surface area contributed by atoms with Gasteiger partial charge in [-0.15, -0.1) is 10.2 Å². The molecule has 8 heteroatoms. The van der Waals surface area contributed by atoms with E-state index in [0.29, 0.717) is 11.4 Å². The van der Waals surface area contributed by atoms with Crippen LogP contribution < -0.4 is 5.14 Å². The summed E-state index contributed by atoms with van der Waals surface area (Å²) in [5.41, 5.74) is 0.673. The highest BCUT2D eigenvalue weighted by molar-refractivity contribution is 7.89. The standard InChI is InChI=1S/C10H11FN4O2S/c1-15-9(13-14-10(15)18(12,16)17)6-7-3-2-4-8(11)5-7/h2-5H,6H2,1H3,(H2,12,16,17). The maximum absolute atomic E-state index is 13.0. The summed E-state index contributed by atoms with van der Waals surface area (Å²) in [5.74, 6) is 0.0333. The molecule has 0 aliphatic heterocycles. The third kappa shape index (κ3) is 2.54. The van der Waals surface area contributed by atoms with Gasteiger partial charge in [0.1, 0.15) is 11.6 Å². The second-order valence-corrected chi connectivity index (χ2v) is 5.26.